The zero-order valence-electron chi connectivity index (χ0n) is 23.8. The molecule has 2 aromatic carbocycles. The third-order valence-electron chi connectivity index (χ3n) is 7.64. The molecule has 5 rings (SSSR count). The van der Waals surface area contributed by atoms with Gasteiger partial charge < -0.3 is 14.4 Å². The number of non-ortho nitro benzene ring substituents is 1. The largest absolute Gasteiger partial charge is 0.496 e. The number of carbonyl (C=O) groups is 1. The first-order valence-corrected chi connectivity index (χ1v) is 14.9. The molecule has 1 aromatic heterocycles. The van der Waals surface area contributed by atoms with E-state index in [0.29, 0.717) is 42.8 Å². The van der Waals surface area contributed by atoms with Gasteiger partial charge in [0.2, 0.25) is 0 Å². The smallest absolute Gasteiger partial charge is 0.338 e. The van der Waals surface area contributed by atoms with E-state index in [-0.39, 0.29) is 17.9 Å². The fourth-order valence-electron chi connectivity index (χ4n) is 5.45. The first-order valence-electron chi connectivity index (χ1n) is 13.7. The van der Waals surface area contributed by atoms with Gasteiger partial charge in [0.25, 0.3) is 11.2 Å². The fraction of sp³-hybridized carbons (Fsp3) is 0.367. The molecule has 0 unspecified atom stereocenters. The summed E-state index contributed by atoms with van der Waals surface area (Å²) in [6.45, 7) is 7.40. The van der Waals surface area contributed by atoms with Gasteiger partial charge in [-0.1, -0.05) is 29.9 Å². The van der Waals surface area contributed by atoms with Crippen LogP contribution in [0.1, 0.15) is 50.8 Å². The van der Waals surface area contributed by atoms with E-state index in [2.05, 4.69) is 16.8 Å². The number of halogens is 1. The molecule has 0 spiro atoms. The third kappa shape index (κ3) is 5.58. The second kappa shape index (κ2) is 12.1. The second-order valence-electron chi connectivity index (χ2n) is 10.4. The number of aromatic nitrogens is 1. The first kappa shape index (κ1) is 29.5. The van der Waals surface area contributed by atoms with Gasteiger partial charge in [-0.25, -0.2) is 9.79 Å². The molecule has 42 heavy (non-hydrogen) atoms. The number of ether oxygens (including phenoxy) is 2. The van der Waals surface area contributed by atoms with Crippen LogP contribution in [0.25, 0.3) is 6.08 Å². The highest BCUT2D eigenvalue weighted by molar-refractivity contribution is 7.07. The maximum Gasteiger partial charge on any atom is 0.338 e. The van der Waals surface area contributed by atoms with Crippen molar-refractivity contribution < 1.29 is 19.2 Å². The number of hydrogen-bond donors (Lipinski definition) is 0. The predicted octanol–water partition coefficient (Wildman–Crippen LogP) is 4.60. The van der Waals surface area contributed by atoms with E-state index < -0.39 is 22.5 Å². The average molecular weight is 611 g/mol. The Balaban J connectivity index is 1.74. The summed E-state index contributed by atoms with van der Waals surface area (Å²) >= 11 is 7.53. The van der Waals surface area contributed by atoms with Crippen molar-refractivity contribution in [1.82, 2.24) is 4.57 Å². The molecule has 0 radical (unpaired) electrons. The lowest BCUT2D eigenvalue weighted by Gasteiger charge is -2.33. The molecule has 2 aliphatic rings. The summed E-state index contributed by atoms with van der Waals surface area (Å²) in [5, 5.41) is 12.1. The van der Waals surface area contributed by atoms with Crippen LogP contribution >= 0.6 is 22.9 Å². The van der Waals surface area contributed by atoms with Gasteiger partial charge in [0, 0.05) is 47.1 Å². The van der Waals surface area contributed by atoms with Crippen molar-refractivity contribution in [2.45, 2.75) is 39.7 Å². The Kier molecular flexibility index (Phi) is 8.51. The first-order chi connectivity index (χ1) is 20.1. The quantitative estimate of drug-likeness (QED) is 0.218. The summed E-state index contributed by atoms with van der Waals surface area (Å²) in [6.07, 6.45) is 3.70. The minimum Gasteiger partial charge on any atom is -0.496 e. The van der Waals surface area contributed by atoms with Gasteiger partial charge in [-0.05, 0) is 62.9 Å². The predicted molar refractivity (Wildman–Crippen MR) is 162 cm³/mol. The van der Waals surface area contributed by atoms with Crippen LogP contribution in [0.4, 0.5) is 11.4 Å². The average Bonchev–Trinajstić information content (AvgIpc) is 3.26. The monoisotopic (exact) mass is 610 g/mol. The highest BCUT2D eigenvalue weighted by atomic mass is 35.5. The fourth-order valence-corrected chi connectivity index (χ4v) is 6.67. The summed E-state index contributed by atoms with van der Waals surface area (Å²) < 4.78 is 12.7. The molecule has 10 nitrogen and oxygen atoms in total. The van der Waals surface area contributed by atoms with Gasteiger partial charge >= 0.3 is 5.97 Å². The maximum absolute atomic E-state index is 14.2. The number of allylic oxidation sites excluding steroid dienone is 1. The number of fused-ring (bicyclic) bond motifs is 1. The summed E-state index contributed by atoms with van der Waals surface area (Å²) in [6, 6.07) is 8.84. The molecule has 0 N–H and O–H groups in total. The second-order valence-corrected chi connectivity index (χ2v) is 11.8. The number of esters is 1. The van der Waals surface area contributed by atoms with Gasteiger partial charge in [-0.2, -0.15) is 0 Å². The van der Waals surface area contributed by atoms with Gasteiger partial charge in [-0.3, -0.25) is 19.5 Å². The van der Waals surface area contributed by atoms with Crippen LogP contribution in [0.15, 0.2) is 57.5 Å². The number of anilines is 1. The number of nitro groups is 1. The maximum atomic E-state index is 14.2. The molecule has 2 aliphatic heterocycles. The van der Waals surface area contributed by atoms with Gasteiger partial charge in [0.15, 0.2) is 4.80 Å². The summed E-state index contributed by atoms with van der Waals surface area (Å²) in [7, 11) is 1.50. The van der Waals surface area contributed by atoms with Crippen molar-refractivity contribution in [1.29, 1.82) is 0 Å². The van der Waals surface area contributed by atoms with Crippen molar-refractivity contribution in [2.75, 3.05) is 31.7 Å². The van der Waals surface area contributed by atoms with Crippen molar-refractivity contribution in [3.05, 3.63) is 93.6 Å². The Labute approximate surface area is 251 Å². The van der Waals surface area contributed by atoms with Crippen molar-refractivity contribution in [3.63, 3.8) is 0 Å². The summed E-state index contributed by atoms with van der Waals surface area (Å²) in [4.78, 5) is 45.8. The van der Waals surface area contributed by atoms with E-state index in [1.165, 1.54) is 23.8 Å². The van der Waals surface area contributed by atoms with Crippen molar-refractivity contribution in [3.8, 4) is 5.75 Å². The SMILES string of the molecule is CCOC(=O)C1=C(C)N=c2s/c(=C\c3cc([N+](=O)[O-])ccc3N3CCC(C)CC3)c(=O)n2[C@@H]1c1cc(Cl)ccc1OC. The Bertz CT molecular complexity index is 1770. The molecule has 3 heterocycles. The Hall–Kier alpha value is -3.96. The van der Waals surface area contributed by atoms with Crippen LogP contribution in [-0.2, 0) is 9.53 Å². The minimum atomic E-state index is -0.913. The van der Waals surface area contributed by atoms with Crippen molar-refractivity contribution >= 4 is 46.4 Å². The normalized spacial score (nSPS) is 17.6. The number of hydrogen-bond acceptors (Lipinski definition) is 9. The molecule has 0 saturated carbocycles. The number of piperidine rings is 1. The van der Waals surface area contributed by atoms with E-state index >= 15 is 0 Å². The van der Waals surface area contributed by atoms with E-state index in [1.807, 2.05) is 0 Å². The Morgan fingerprint density at radius 1 is 1.24 bits per heavy atom. The number of thiazole rings is 1. The molecule has 12 heteroatoms. The molecular formula is C30H31ClN4O6S. The molecule has 1 atom stereocenters. The highest BCUT2D eigenvalue weighted by Crippen LogP contribution is 2.37. The molecule has 0 bridgehead atoms. The standard InChI is InChI=1S/C30H31ClN4O6S/c1-5-41-29(37)26-18(3)32-30-34(27(26)22-16-20(31)6-9-24(22)40-4)28(36)25(42-30)15-19-14-21(35(38)39)7-8-23(19)33-12-10-17(2)11-13-33/h6-9,14-17,27H,5,10-13H2,1-4H3/b25-15-/t27-/m1/s1. The molecule has 1 fully saturated rings. The highest BCUT2D eigenvalue weighted by Gasteiger charge is 2.35. The topological polar surface area (TPSA) is 116 Å². The zero-order valence-corrected chi connectivity index (χ0v) is 25.3. The van der Waals surface area contributed by atoms with E-state index in [4.69, 9.17) is 21.1 Å². The molecule has 0 aliphatic carbocycles. The van der Waals surface area contributed by atoms with Crippen molar-refractivity contribution in [2.24, 2.45) is 10.9 Å². The summed E-state index contributed by atoms with van der Waals surface area (Å²) in [5.41, 5.74) is 2.06. The molecular weight excluding hydrogens is 580 g/mol. The Morgan fingerprint density at radius 2 is 1.98 bits per heavy atom. The van der Waals surface area contributed by atoms with Crippen LogP contribution in [-0.4, -0.2) is 42.3 Å². The number of methoxy groups -OCH3 is 1. The number of nitrogens with zero attached hydrogens (tertiary/aromatic N) is 4. The summed E-state index contributed by atoms with van der Waals surface area (Å²) in [5.74, 6) is 0.447. The number of benzene rings is 2. The molecule has 220 valence electrons. The van der Waals surface area contributed by atoms with Crippen LogP contribution in [0, 0.1) is 16.0 Å². The van der Waals surface area contributed by atoms with E-state index in [9.17, 15) is 19.7 Å². The lowest BCUT2D eigenvalue weighted by molar-refractivity contribution is -0.384. The number of rotatable bonds is 7. The molecule has 3 aromatic rings. The third-order valence-corrected chi connectivity index (χ3v) is 8.85. The number of nitro benzene ring substituents is 1. The van der Waals surface area contributed by atoms with Gasteiger partial charge in [0.05, 0.1) is 34.4 Å². The Morgan fingerprint density at radius 3 is 2.64 bits per heavy atom. The zero-order chi connectivity index (χ0) is 30.1. The number of carbonyl (C=O) groups excluding carboxylic acids is 1. The van der Waals surface area contributed by atoms with E-state index in [1.54, 1.807) is 44.2 Å². The van der Waals surface area contributed by atoms with Crippen LogP contribution in [0.3, 0.4) is 0 Å². The van der Waals surface area contributed by atoms with Crippen LogP contribution < -0.4 is 24.5 Å². The lowest BCUT2D eigenvalue weighted by atomic mass is 9.95. The molecule has 1 saturated heterocycles. The minimum absolute atomic E-state index is 0.0647. The van der Waals surface area contributed by atoms with Gasteiger partial charge in [-0.15, -0.1) is 0 Å². The molecule has 0 amide bonds. The van der Waals surface area contributed by atoms with Gasteiger partial charge in [0.1, 0.15) is 11.8 Å². The van der Waals surface area contributed by atoms with Crippen LogP contribution in [0.2, 0.25) is 5.02 Å². The van der Waals surface area contributed by atoms with Crippen LogP contribution in [0.5, 0.6) is 5.75 Å². The van der Waals surface area contributed by atoms with E-state index in [0.717, 1.165) is 43.0 Å². The lowest BCUT2D eigenvalue weighted by Crippen LogP contribution is -2.40.